The first-order chi connectivity index (χ1) is 10.0. The highest BCUT2D eigenvalue weighted by Gasteiger charge is 2.18. The molecule has 1 heterocycles. The molecule has 0 spiro atoms. The molecule has 1 aromatic carbocycles. The first-order valence-corrected chi connectivity index (χ1v) is 7.73. The van der Waals surface area contributed by atoms with Crippen LogP contribution >= 0.6 is 0 Å². The van der Waals surface area contributed by atoms with Crippen LogP contribution in [0.1, 0.15) is 16.9 Å². The summed E-state index contributed by atoms with van der Waals surface area (Å²) in [6.07, 6.45) is 1.48. The highest BCUT2D eigenvalue weighted by molar-refractivity contribution is 7.89. The van der Waals surface area contributed by atoms with E-state index in [1.807, 2.05) is 6.92 Å². The van der Waals surface area contributed by atoms with Crippen LogP contribution in [0.25, 0.3) is 0 Å². The van der Waals surface area contributed by atoms with E-state index in [9.17, 15) is 8.42 Å². The normalized spacial score (nSPS) is 11.0. The van der Waals surface area contributed by atoms with Gasteiger partial charge in [0.2, 0.25) is 10.0 Å². The van der Waals surface area contributed by atoms with Gasteiger partial charge < -0.3 is 9.52 Å². The Bertz CT molecular complexity index is 768. The summed E-state index contributed by atoms with van der Waals surface area (Å²) in [7, 11) is -3.71. The lowest BCUT2D eigenvalue weighted by Gasteiger charge is -2.08. The molecule has 6 heteroatoms. The van der Waals surface area contributed by atoms with Gasteiger partial charge in [0, 0.05) is 5.56 Å². The molecule has 0 fully saturated rings. The van der Waals surface area contributed by atoms with E-state index in [0.29, 0.717) is 11.3 Å². The van der Waals surface area contributed by atoms with Crippen LogP contribution in [-0.2, 0) is 16.6 Å². The van der Waals surface area contributed by atoms with Gasteiger partial charge in [0.1, 0.15) is 12.4 Å². The van der Waals surface area contributed by atoms with E-state index in [4.69, 9.17) is 9.52 Å². The molecule has 0 saturated carbocycles. The number of aryl methyl sites for hydroxylation is 1. The Balaban J connectivity index is 2.30. The summed E-state index contributed by atoms with van der Waals surface area (Å²) in [5, 5.41) is 8.77. The molecule has 0 amide bonds. The van der Waals surface area contributed by atoms with Crippen LogP contribution in [0.3, 0.4) is 0 Å². The van der Waals surface area contributed by atoms with E-state index >= 15 is 0 Å². The van der Waals surface area contributed by atoms with Gasteiger partial charge in [-0.1, -0.05) is 17.9 Å². The van der Waals surface area contributed by atoms with Crippen molar-refractivity contribution in [2.24, 2.45) is 0 Å². The number of aliphatic hydroxyl groups is 1. The van der Waals surface area contributed by atoms with E-state index in [0.717, 1.165) is 5.56 Å². The highest BCUT2D eigenvalue weighted by Crippen LogP contribution is 2.17. The third-order valence-corrected chi connectivity index (χ3v) is 4.20. The van der Waals surface area contributed by atoms with Gasteiger partial charge in [0.15, 0.2) is 0 Å². The monoisotopic (exact) mass is 305 g/mol. The third-order valence-electron chi connectivity index (χ3n) is 2.74. The SMILES string of the molecule is Cc1ccc(S(=O)(=O)NCc2ccco2)c(C#CCO)c1. The predicted octanol–water partition coefficient (Wildman–Crippen LogP) is 1.41. The second-order valence-corrected chi connectivity index (χ2v) is 6.10. The maximum Gasteiger partial charge on any atom is 0.242 e. The van der Waals surface area contributed by atoms with Crippen molar-refractivity contribution in [1.29, 1.82) is 0 Å². The van der Waals surface area contributed by atoms with Crippen molar-refractivity contribution in [2.75, 3.05) is 6.61 Å². The lowest BCUT2D eigenvalue weighted by molar-refractivity contribution is 0.350. The quantitative estimate of drug-likeness (QED) is 0.837. The fourth-order valence-electron chi connectivity index (χ4n) is 1.77. The molecule has 0 saturated heterocycles. The lowest BCUT2D eigenvalue weighted by Crippen LogP contribution is -2.24. The number of hydrogen-bond donors (Lipinski definition) is 2. The van der Waals surface area contributed by atoms with Gasteiger partial charge in [-0.25, -0.2) is 13.1 Å². The molecule has 0 aliphatic rings. The Morgan fingerprint density at radius 1 is 1.33 bits per heavy atom. The smallest absolute Gasteiger partial charge is 0.242 e. The molecule has 2 rings (SSSR count). The van der Waals surface area contributed by atoms with Gasteiger partial charge in [-0.05, 0) is 36.8 Å². The summed E-state index contributed by atoms with van der Waals surface area (Å²) in [5.41, 5.74) is 1.25. The molecule has 5 nitrogen and oxygen atoms in total. The fraction of sp³-hybridized carbons (Fsp3) is 0.200. The number of sulfonamides is 1. The average Bonchev–Trinajstić information content (AvgIpc) is 2.96. The van der Waals surface area contributed by atoms with E-state index in [-0.39, 0.29) is 18.0 Å². The van der Waals surface area contributed by atoms with E-state index < -0.39 is 10.0 Å². The fourth-order valence-corrected chi connectivity index (χ4v) is 2.90. The van der Waals surface area contributed by atoms with Gasteiger partial charge >= 0.3 is 0 Å². The topological polar surface area (TPSA) is 79.5 Å². The molecule has 0 unspecified atom stereocenters. The second-order valence-electron chi connectivity index (χ2n) is 4.36. The number of furan rings is 1. The Morgan fingerprint density at radius 2 is 2.14 bits per heavy atom. The number of nitrogens with one attached hydrogen (secondary N) is 1. The van der Waals surface area contributed by atoms with Crippen LogP contribution in [0.2, 0.25) is 0 Å². The molecular formula is C15H15NO4S. The van der Waals surface area contributed by atoms with Crippen LogP contribution in [0.15, 0.2) is 45.9 Å². The molecule has 0 aliphatic carbocycles. The first-order valence-electron chi connectivity index (χ1n) is 6.25. The number of rotatable bonds is 4. The Kier molecular flexibility index (Phi) is 4.81. The Labute approximate surface area is 123 Å². The van der Waals surface area contributed by atoms with Gasteiger partial charge in [0.25, 0.3) is 0 Å². The molecule has 0 atom stereocenters. The van der Waals surface area contributed by atoms with Crippen LogP contribution in [0, 0.1) is 18.8 Å². The second kappa shape index (κ2) is 6.59. The van der Waals surface area contributed by atoms with Gasteiger partial charge in [-0.15, -0.1) is 0 Å². The molecule has 110 valence electrons. The summed E-state index contributed by atoms with van der Waals surface area (Å²) in [6.45, 7) is 1.58. The minimum atomic E-state index is -3.71. The number of hydrogen-bond acceptors (Lipinski definition) is 4. The molecule has 21 heavy (non-hydrogen) atoms. The molecule has 1 aromatic heterocycles. The minimum Gasteiger partial charge on any atom is -0.468 e. The maximum atomic E-state index is 12.3. The van der Waals surface area contributed by atoms with Crippen LogP contribution in [-0.4, -0.2) is 20.1 Å². The zero-order valence-electron chi connectivity index (χ0n) is 11.5. The van der Waals surface area contributed by atoms with Crippen molar-refractivity contribution < 1.29 is 17.9 Å². The standard InChI is InChI=1S/C15H15NO4S/c1-12-6-7-15(13(10-12)4-2-8-17)21(18,19)16-11-14-5-3-9-20-14/h3,5-7,9-10,16-17H,8,11H2,1H3. The summed E-state index contributed by atoms with van der Waals surface area (Å²) in [6, 6.07) is 8.24. The third kappa shape index (κ3) is 3.95. The molecular weight excluding hydrogens is 290 g/mol. The largest absolute Gasteiger partial charge is 0.468 e. The van der Waals surface area contributed by atoms with Crippen molar-refractivity contribution in [3.8, 4) is 11.8 Å². The Morgan fingerprint density at radius 3 is 2.81 bits per heavy atom. The summed E-state index contributed by atoms with van der Waals surface area (Å²) in [5.74, 6) is 5.65. The van der Waals surface area contributed by atoms with Crippen molar-refractivity contribution in [3.05, 3.63) is 53.5 Å². The summed E-state index contributed by atoms with van der Waals surface area (Å²) >= 11 is 0. The van der Waals surface area contributed by atoms with Gasteiger partial charge in [-0.2, -0.15) is 0 Å². The van der Waals surface area contributed by atoms with Crippen molar-refractivity contribution >= 4 is 10.0 Å². The highest BCUT2D eigenvalue weighted by atomic mass is 32.2. The van der Waals surface area contributed by atoms with Crippen molar-refractivity contribution in [3.63, 3.8) is 0 Å². The number of aliphatic hydroxyl groups excluding tert-OH is 1. The van der Waals surface area contributed by atoms with Crippen LogP contribution in [0.5, 0.6) is 0 Å². The maximum absolute atomic E-state index is 12.3. The van der Waals surface area contributed by atoms with Crippen LogP contribution < -0.4 is 4.72 Å². The zero-order valence-corrected chi connectivity index (χ0v) is 12.3. The summed E-state index contributed by atoms with van der Waals surface area (Å²) < 4.78 is 32.2. The van der Waals surface area contributed by atoms with Gasteiger partial charge in [0.05, 0.1) is 17.7 Å². The zero-order chi connectivity index (χ0) is 15.3. The van der Waals surface area contributed by atoms with E-state index in [2.05, 4.69) is 16.6 Å². The lowest BCUT2D eigenvalue weighted by atomic mass is 10.1. The predicted molar refractivity (Wildman–Crippen MR) is 77.9 cm³/mol. The first kappa shape index (κ1) is 15.3. The molecule has 0 aliphatic heterocycles. The molecule has 0 radical (unpaired) electrons. The molecule has 2 aromatic rings. The molecule has 2 N–H and O–H groups in total. The van der Waals surface area contributed by atoms with E-state index in [1.165, 1.54) is 12.3 Å². The molecule has 0 bridgehead atoms. The minimum absolute atomic E-state index is 0.0656. The number of benzene rings is 1. The van der Waals surface area contributed by atoms with Crippen LogP contribution in [0.4, 0.5) is 0 Å². The average molecular weight is 305 g/mol. The van der Waals surface area contributed by atoms with Crippen molar-refractivity contribution in [2.45, 2.75) is 18.4 Å². The van der Waals surface area contributed by atoms with Crippen molar-refractivity contribution in [1.82, 2.24) is 4.72 Å². The van der Waals surface area contributed by atoms with E-state index in [1.54, 1.807) is 24.3 Å². The summed E-state index contributed by atoms with van der Waals surface area (Å²) in [4.78, 5) is 0.0839. The van der Waals surface area contributed by atoms with Gasteiger partial charge in [-0.3, -0.25) is 0 Å². The Hall–Kier alpha value is -2.07.